The van der Waals surface area contributed by atoms with Crippen molar-refractivity contribution >= 4 is 39.1 Å². The predicted octanol–water partition coefficient (Wildman–Crippen LogP) is 4.62. The first kappa shape index (κ1) is 30.4. The van der Waals surface area contributed by atoms with Gasteiger partial charge in [0.25, 0.3) is 0 Å². The Kier molecular flexibility index (Phi) is 10.8. The molecule has 0 saturated heterocycles. The summed E-state index contributed by atoms with van der Waals surface area (Å²) in [4.78, 5) is 27.8. The molecule has 37 heavy (non-hydrogen) atoms. The standard InChI is InChI=1S/C27H38ClN3O5S/c1-7-36-24-15-9-8-14-23(24)31(37(6,34)35)17-11-16-25(32)30(19-21-12-10-13-22(28)18-21)20(2)26(33)29-27(3,4)5/h8-10,12-15,18,20H,7,11,16-17,19H2,1-6H3,(H,29,33)/t20-/m0/s1. The zero-order valence-electron chi connectivity index (χ0n) is 22.5. The third-order valence-electron chi connectivity index (χ3n) is 5.49. The fraction of sp³-hybridized carbons (Fsp3) is 0.481. The molecule has 0 bridgehead atoms. The number of rotatable bonds is 12. The number of benzene rings is 2. The highest BCUT2D eigenvalue weighted by molar-refractivity contribution is 7.92. The van der Waals surface area contributed by atoms with Crippen LogP contribution in [0.25, 0.3) is 0 Å². The van der Waals surface area contributed by atoms with Crippen molar-refractivity contribution in [2.75, 3.05) is 23.7 Å². The van der Waals surface area contributed by atoms with Crippen LogP contribution in [-0.2, 0) is 26.2 Å². The van der Waals surface area contributed by atoms with E-state index in [1.54, 1.807) is 49.4 Å². The van der Waals surface area contributed by atoms with E-state index in [9.17, 15) is 18.0 Å². The van der Waals surface area contributed by atoms with Crippen LogP contribution < -0.4 is 14.4 Å². The Hall–Kier alpha value is -2.78. The second-order valence-electron chi connectivity index (χ2n) is 9.91. The number of hydrogen-bond acceptors (Lipinski definition) is 5. The lowest BCUT2D eigenvalue weighted by molar-refractivity contribution is -0.141. The summed E-state index contributed by atoms with van der Waals surface area (Å²) in [6.45, 7) is 9.81. The number of nitrogens with one attached hydrogen (secondary N) is 1. The smallest absolute Gasteiger partial charge is 0.242 e. The Bertz CT molecular complexity index is 1180. The molecule has 2 aromatic carbocycles. The maximum atomic E-state index is 13.4. The van der Waals surface area contributed by atoms with Gasteiger partial charge >= 0.3 is 0 Å². The molecule has 0 aromatic heterocycles. The Morgan fingerprint density at radius 3 is 2.38 bits per heavy atom. The molecule has 0 unspecified atom stereocenters. The predicted molar refractivity (Wildman–Crippen MR) is 148 cm³/mol. The van der Waals surface area contributed by atoms with Crippen molar-refractivity contribution in [3.8, 4) is 5.75 Å². The second-order valence-corrected chi connectivity index (χ2v) is 12.2. The van der Waals surface area contributed by atoms with Gasteiger partial charge < -0.3 is 15.0 Å². The van der Waals surface area contributed by atoms with Crippen molar-refractivity contribution in [2.24, 2.45) is 0 Å². The molecule has 2 rings (SSSR count). The zero-order chi connectivity index (χ0) is 27.8. The number of sulfonamides is 1. The van der Waals surface area contributed by atoms with Crippen LogP contribution in [0.5, 0.6) is 5.75 Å². The van der Waals surface area contributed by atoms with Gasteiger partial charge in [0.2, 0.25) is 21.8 Å². The van der Waals surface area contributed by atoms with Crippen LogP contribution in [0.15, 0.2) is 48.5 Å². The van der Waals surface area contributed by atoms with Gasteiger partial charge in [0.05, 0.1) is 18.6 Å². The maximum absolute atomic E-state index is 13.4. The molecule has 0 spiro atoms. The number of carbonyl (C=O) groups is 2. The van der Waals surface area contributed by atoms with Crippen molar-refractivity contribution in [2.45, 2.75) is 65.6 Å². The summed E-state index contributed by atoms with van der Waals surface area (Å²) in [6.07, 6.45) is 1.43. The van der Waals surface area contributed by atoms with Crippen LogP contribution in [-0.4, -0.2) is 56.1 Å². The lowest BCUT2D eigenvalue weighted by atomic mass is 10.1. The second kappa shape index (κ2) is 13.1. The molecule has 10 heteroatoms. The topological polar surface area (TPSA) is 96.0 Å². The van der Waals surface area contributed by atoms with Crippen molar-refractivity contribution in [3.05, 3.63) is 59.1 Å². The molecule has 0 fully saturated rings. The van der Waals surface area contributed by atoms with Crippen LogP contribution >= 0.6 is 11.6 Å². The molecule has 204 valence electrons. The van der Waals surface area contributed by atoms with E-state index in [1.807, 2.05) is 33.8 Å². The van der Waals surface area contributed by atoms with Gasteiger partial charge in [-0.15, -0.1) is 0 Å². The van der Waals surface area contributed by atoms with Crippen LogP contribution in [0.3, 0.4) is 0 Å². The van der Waals surface area contributed by atoms with Crippen molar-refractivity contribution < 1.29 is 22.7 Å². The van der Waals surface area contributed by atoms with Crippen LogP contribution in [0, 0.1) is 0 Å². The molecule has 0 aliphatic heterocycles. The van der Waals surface area contributed by atoms with Gasteiger partial charge in [0, 0.05) is 30.1 Å². The summed E-state index contributed by atoms with van der Waals surface area (Å²) < 4.78 is 32.1. The number of para-hydroxylation sites is 2. The minimum atomic E-state index is -3.63. The lowest BCUT2D eigenvalue weighted by Crippen LogP contribution is -2.52. The lowest BCUT2D eigenvalue weighted by Gasteiger charge is -2.32. The molecule has 8 nitrogen and oxygen atoms in total. The quantitative estimate of drug-likeness (QED) is 0.415. The fourth-order valence-corrected chi connectivity index (χ4v) is 4.99. The SMILES string of the molecule is CCOc1ccccc1N(CCCC(=O)N(Cc1cccc(Cl)c1)[C@@H](C)C(=O)NC(C)(C)C)S(C)(=O)=O. The number of ether oxygens (including phenoxy) is 1. The van der Waals surface area contributed by atoms with Gasteiger partial charge in [0.15, 0.2) is 0 Å². The van der Waals surface area contributed by atoms with Gasteiger partial charge in [-0.1, -0.05) is 35.9 Å². The number of anilines is 1. The van der Waals surface area contributed by atoms with E-state index in [2.05, 4.69) is 5.32 Å². The Balaban J connectivity index is 2.23. The Morgan fingerprint density at radius 1 is 1.11 bits per heavy atom. The van der Waals surface area contributed by atoms with Crippen LogP contribution in [0.2, 0.25) is 5.02 Å². The third kappa shape index (κ3) is 9.55. The zero-order valence-corrected chi connectivity index (χ0v) is 24.0. The monoisotopic (exact) mass is 551 g/mol. The first-order valence-corrected chi connectivity index (χ1v) is 14.5. The molecule has 0 saturated carbocycles. The maximum Gasteiger partial charge on any atom is 0.242 e. The number of carbonyl (C=O) groups excluding carboxylic acids is 2. The molecular weight excluding hydrogens is 514 g/mol. The van der Waals surface area contributed by atoms with Crippen LogP contribution in [0.1, 0.15) is 53.0 Å². The van der Waals surface area contributed by atoms with E-state index in [0.717, 1.165) is 11.8 Å². The largest absolute Gasteiger partial charge is 0.492 e. The normalized spacial score (nSPS) is 12.5. The van der Waals surface area contributed by atoms with Gasteiger partial charge in [-0.05, 0) is 70.9 Å². The minimum Gasteiger partial charge on any atom is -0.492 e. The van der Waals surface area contributed by atoms with E-state index in [0.29, 0.717) is 23.1 Å². The number of hydrogen-bond donors (Lipinski definition) is 1. The van der Waals surface area contributed by atoms with E-state index in [1.165, 1.54) is 9.21 Å². The molecule has 2 aromatic rings. The fourth-order valence-electron chi connectivity index (χ4n) is 3.81. The van der Waals surface area contributed by atoms with Gasteiger partial charge in [-0.2, -0.15) is 0 Å². The molecule has 1 N–H and O–H groups in total. The van der Waals surface area contributed by atoms with E-state index >= 15 is 0 Å². The first-order valence-electron chi connectivity index (χ1n) is 12.3. The number of halogens is 1. The average Bonchev–Trinajstić information content (AvgIpc) is 2.78. The Labute approximate surface area is 226 Å². The summed E-state index contributed by atoms with van der Waals surface area (Å²) in [5.41, 5.74) is 0.757. The van der Waals surface area contributed by atoms with Crippen molar-refractivity contribution in [1.82, 2.24) is 10.2 Å². The van der Waals surface area contributed by atoms with E-state index in [4.69, 9.17) is 16.3 Å². The highest BCUT2D eigenvalue weighted by Gasteiger charge is 2.29. The Morgan fingerprint density at radius 2 is 1.78 bits per heavy atom. The molecule has 0 aliphatic rings. The van der Waals surface area contributed by atoms with Gasteiger partial charge in [-0.25, -0.2) is 8.42 Å². The summed E-state index contributed by atoms with van der Waals surface area (Å²) in [5, 5.41) is 3.46. The molecule has 0 radical (unpaired) electrons. The van der Waals surface area contributed by atoms with Crippen LogP contribution in [0.4, 0.5) is 5.69 Å². The van der Waals surface area contributed by atoms with Gasteiger partial charge in [0.1, 0.15) is 11.8 Å². The van der Waals surface area contributed by atoms with E-state index in [-0.39, 0.29) is 37.7 Å². The summed E-state index contributed by atoms with van der Waals surface area (Å²) in [7, 11) is -3.63. The van der Waals surface area contributed by atoms with Gasteiger partial charge in [-0.3, -0.25) is 13.9 Å². The molecular formula is C27H38ClN3O5S. The van der Waals surface area contributed by atoms with E-state index < -0.39 is 21.6 Å². The number of amides is 2. The molecule has 0 aliphatic carbocycles. The number of nitrogens with zero attached hydrogens (tertiary/aromatic N) is 2. The van der Waals surface area contributed by atoms with Crippen molar-refractivity contribution in [3.63, 3.8) is 0 Å². The molecule has 0 heterocycles. The highest BCUT2D eigenvalue weighted by atomic mass is 35.5. The molecule has 1 atom stereocenters. The third-order valence-corrected chi connectivity index (χ3v) is 6.91. The van der Waals surface area contributed by atoms with Crippen molar-refractivity contribution in [1.29, 1.82) is 0 Å². The summed E-state index contributed by atoms with van der Waals surface area (Å²) >= 11 is 6.14. The highest BCUT2D eigenvalue weighted by Crippen LogP contribution is 2.30. The summed E-state index contributed by atoms with van der Waals surface area (Å²) in [5.74, 6) is -0.0776. The first-order chi connectivity index (χ1) is 17.2. The molecule has 2 amide bonds. The minimum absolute atomic E-state index is 0.0521. The average molecular weight is 552 g/mol. The summed E-state index contributed by atoms with van der Waals surface area (Å²) in [6, 6.07) is 13.3.